The minimum Gasteiger partial charge on any atom is -0.356 e. The number of rotatable bonds is 13. The molecule has 0 saturated carbocycles. The highest BCUT2D eigenvalue weighted by molar-refractivity contribution is 5.78. The van der Waals surface area contributed by atoms with Crippen LogP contribution in [-0.4, -0.2) is 42.9 Å². The molecule has 0 aliphatic carbocycles. The Kier molecular flexibility index (Phi) is 10.8. The third-order valence-electron chi connectivity index (χ3n) is 5.77. The molecule has 1 saturated heterocycles. The number of aryl methyl sites for hydroxylation is 1. The third kappa shape index (κ3) is 8.99. The van der Waals surface area contributed by atoms with Gasteiger partial charge in [-0.15, -0.1) is 0 Å². The van der Waals surface area contributed by atoms with Gasteiger partial charge in [0.2, 0.25) is 11.8 Å². The van der Waals surface area contributed by atoms with Crippen LogP contribution in [0.25, 0.3) is 0 Å². The summed E-state index contributed by atoms with van der Waals surface area (Å²) in [6, 6.07) is 8.66. The molecule has 2 amide bonds. The van der Waals surface area contributed by atoms with Gasteiger partial charge in [-0.25, -0.2) is 0 Å². The van der Waals surface area contributed by atoms with Crippen LogP contribution < -0.4 is 10.6 Å². The van der Waals surface area contributed by atoms with Gasteiger partial charge >= 0.3 is 0 Å². The standard InChI is InChI=1S/C24H39N3O2/c1-3-5-15-27-16-12-21(18-24(27)29)10-11-23(28)26-14-7-13-25-19-22-9-6-8-20(4-2)17-22/h6,8-9,17,21,25H,3-5,7,10-16,18-19H2,1-2H3,(H,26,28). The first-order valence-electron chi connectivity index (χ1n) is 11.4. The summed E-state index contributed by atoms with van der Waals surface area (Å²) in [7, 11) is 0. The van der Waals surface area contributed by atoms with Gasteiger partial charge in [0.25, 0.3) is 0 Å². The Labute approximate surface area is 176 Å². The van der Waals surface area contributed by atoms with Crippen LogP contribution in [-0.2, 0) is 22.6 Å². The van der Waals surface area contributed by atoms with E-state index in [1.165, 1.54) is 11.1 Å². The van der Waals surface area contributed by atoms with E-state index in [2.05, 4.69) is 48.7 Å². The fourth-order valence-corrected chi connectivity index (χ4v) is 3.83. The van der Waals surface area contributed by atoms with Gasteiger partial charge in [-0.1, -0.05) is 44.5 Å². The van der Waals surface area contributed by atoms with E-state index in [0.717, 1.165) is 64.7 Å². The van der Waals surface area contributed by atoms with Crippen LogP contribution in [0.3, 0.4) is 0 Å². The zero-order chi connectivity index (χ0) is 20.9. The summed E-state index contributed by atoms with van der Waals surface area (Å²) >= 11 is 0. The van der Waals surface area contributed by atoms with E-state index in [0.29, 0.717) is 25.3 Å². The lowest BCUT2D eigenvalue weighted by Crippen LogP contribution is -2.39. The van der Waals surface area contributed by atoms with Crippen molar-refractivity contribution in [2.75, 3.05) is 26.2 Å². The van der Waals surface area contributed by atoms with Crippen molar-refractivity contribution in [1.29, 1.82) is 0 Å². The highest BCUT2D eigenvalue weighted by Crippen LogP contribution is 2.23. The summed E-state index contributed by atoms with van der Waals surface area (Å²) in [5.74, 6) is 0.749. The molecule has 1 aromatic carbocycles. The quantitative estimate of drug-likeness (QED) is 0.496. The number of benzene rings is 1. The third-order valence-corrected chi connectivity index (χ3v) is 5.77. The Morgan fingerprint density at radius 2 is 2.00 bits per heavy atom. The first kappa shape index (κ1) is 23.4. The van der Waals surface area contributed by atoms with Gasteiger partial charge in [-0.3, -0.25) is 9.59 Å². The minimum absolute atomic E-state index is 0.113. The van der Waals surface area contributed by atoms with Gasteiger partial charge < -0.3 is 15.5 Å². The number of likely N-dealkylation sites (tertiary alicyclic amines) is 1. The van der Waals surface area contributed by atoms with Gasteiger partial charge in [0.1, 0.15) is 0 Å². The van der Waals surface area contributed by atoms with Gasteiger partial charge in [-0.2, -0.15) is 0 Å². The van der Waals surface area contributed by atoms with E-state index < -0.39 is 0 Å². The number of unbranched alkanes of at least 4 members (excludes halogenated alkanes) is 1. The van der Waals surface area contributed by atoms with Crippen LogP contribution in [0.4, 0.5) is 0 Å². The van der Waals surface area contributed by atoms with Crippen LogP contribution in [0.15, 0.2) is 24.3 Å². The summed E-state index contributed by atoms with van der Waals surface area (Å²) in [6.07, 6.45) is 7.19. The van der Waals surface area contributed by atoms with Crippen molar-refractivity contribution >= 4 is 11.8 Å². The molecule has 5 nitrogen and oxygen atoms in total. The highest BCUT2D eigenvalue weighted by Gasteiger charge is 2.25. The Morgan fingerprint density at radius 1 is 1.17 bits per heavy atom. The van der Waals surface area contributed by atoms with E-state index in [4.69, 9.17) is 0 Å². The van der Waals surface area contributed by atoms with E-state index in [-0.39, 0.29) is 11.8 Å². The number of nitrogens with zero attached hydrogens (tertiary/aromatic N) is 1. The second-order valence-corrected chi connectivity index (χ2v) is 8.19. The molecule has 1 atom stereocenters. The monoisotopic (exact) mass is 401 g/mol. The average molecular weight is 402 g/mol. The molecule has 2 N–H and O–H groups in total. The number of carbonyl (C=O) groups is 2. The first-order chi connectivity index (χ1) is 14.1. The molecule has 162 valence electrons. The maximum absolute atomic E-state index is 12.2. The molecule has 0 spiro atoms. The minimum atomic E-state index is 0.113. The molecule has 5 heteroatoms. The highest BCUT2D eigenvalue weighted by atomic mass is 16.2. The van der Waals surface area contributed by atoms with E-state index in [9.17, 15) is 9.59 Å². The maximum atomic E-state index is 12.2. The lowest BCUT2D eigenvalue weighted by molar-refractivity contribution is -0.135. The molecule has 1 aliphatic heterocycles. The molecular formula is C24H39N3O2. The number of carbonyl (C=O) groups excluding carboxylic acids is 2. The van der Waals surface area contributed by atoms with Crippen molar-refractivity contribution in [3.63, 3.8) is 0 Å². The SMILES string of the molecule is CCCCN1CCC(CCC(=O)NCCCNCc2cccc(CC)c2)CC1=O. The number of amides is 2. The number of hydrogen-bond donors (Lipinski definition) is 2. The molecule has 2 rings (SSSR count). The molecule has 0 bridgehead atoms. The molecule has 0 radical (unpaired) electrons. The maximum Gasteiger partial charge on any atom is 0.222 e. The first-order valence-corrected chi connectivity index (χ1v) is 11.4. The number of hydrogen-bond acceptors (Lipinski definition) is 3. The van der Waals surface area contributed by atoms with Crippen LogP contribution in [0.1, 0.15) is 69.9 Å². The van der Waals surface area contributed by atoms with Crippen molar-refractivity contribution in [3.8, 4) is 0 Å². The molecule has 1 aliphatic rings. The van der Waals surface area contributed by atoms with E-state index in [1.54, 1.807) is 0 Å². The van der Waals surface area contributed by atoms with Gasteiger partial charge in [0, 0.05) is 39.0 Å². The molecular weight excluding hydrogens is 362 g/mol. The lowest BCUT2D eigenvalue weighted by Gasteiger charge is -2.31. The Hall–Kier alpha value is -1.88. The predicted molar refractivity (Wildman–Crippen MR) is 119 cm³/mol. The topological polar surface area (TPSA) is 61.4 Å². The Morgan fingerprint density at radius 3 is 2.76 bits per heavy atom. The smallest absolute Gasteiger partial charge is 0.222 e. The van der Waals surface area contributed by atoms with Crippen molar-refractivity contribution < 1.29 is 9.59 Å². The zero-order valence-corrected chi connectivity index (χ0v) is 18.3. The molecule has 1 unspecified atom stereocenters. The van der Waals surface area contributed by atoms with Crippen LogP contribution >= 0.6 is 0 Å². The second-order valence-electron chi connectivity index (χ2n) is 8.19. The van der Waals surface area contributed by atoms with Gasteiger partial charge in [0.15, 0.2) is 0 Å². The summed E-state index contributed by atoms with van der Waals surface area (Å²) in [5.41, 5.74) is 2.67. The van der Waals surface area contributed by atoms with E-state index >= 15 is 0 Å². The Bertz CT molecular complexity index is 632. The second kappa shape index (κ2) is 13.4. The molecule has 1 aromatic rings. The lowest BCUT2D eigenvalue weighted by atomic mass is 9.91. The van der Waals surface area contributed by atoms with Crippen molar-refractivity contribution in [3.05, 3.63) is 35.4 Å². The van der Waals surface area contributed by atoms with Crippen LogP contribution in [0.5, 0.6) is 0 Å². The van der Waals surface area contributed by atoms with Crippen LogP contribution in [0.2, 0.25) is 0 Å². The normalized spacial score (nSPS) is 16.8. The predicted octanol–water partition coefficient (Wildman–Crippen LogP) is 3.66. The zero-order valence-electron chi connectivity index (χ0n) is 18.3. The summed E-state index contributed by atoms with van der Waals surface area (Å²) < 4.78 is 0. The largest absolute Gasteiger partial charge is 0.356 e. The summed E-state index contributed by atoms with van der Waals surface area (Å²) in [4.78, 5) is 26.2. The summed E-state index contributed by atoms with van der Waals surface area (Å²) in [5, 5.41) is 6.45. The average Bonchev–Trinajstić information content (AvgIpc) is 2.74. The van der Waals surface area contributed by atoms with E-state index in [1.807, 2.05) is 4.90 Å². The van der Waals surface area contributed by atoms with Crippen molar-refractivity contribution in [2.24, 2.45) is 5.92 Å². The molecule has 29 heavy (non-hydrogen) atoms. The van der Waals surface area contributed by atoms with Crippen molar-refractivity contribution in [1.82, 2.24) is 15.5 Å². The fourth-order valence-electron chi connectivity index (χ4n) is 3.83. The van der Waals surface area contributed by atoms with Crippen molar-refractivity contribution in [2.45, 2.75) is 71.8 Å². The summed E-state index contributed by atoms with van der Waals surface area (Å²) in [6.45, 7) is 8.53. The van der Waals surface area contributed by atoms with Gasteiger partial charge in [-0.05, 0) is 55.7 Å². The number of piperidine rings is 1. The number of nitrogens with one attached hydrogen (secondary N) is 2. The van der Waals surface area contributed by atoms with Crippen LogP contribution in [0, 0.1) is 5.92 Å². The molecule has 1 fully saturated rings. The van der Waals surface area contributed by atoms with Gasteiger partial charge in [0.05, 0.1) is 0 Å². The Balaban J connectivity index is 1.50. The molecule has 0 aromatic heterocycles. The fraction of sp³-hybridized carbons (Fsp3) is 0.667. The molecule has 1 heterocycles.